The number of aromatic nitrogens is 3. The number of aliphatic hydroxyl groups excluding tert-OH is 1. The number of hydrogen-bond acceptors (Lipinski definition) is 9. The predicted octanol–water partition coefficient (Wildman–Crippen LogP) is 0.213. The van der Waals surface area contributed by atoms with Crippen LogP contribution in [0, 0.1) is 6.92 Å². The molecule has 3 rings (SSSR count). The predicted molar refractivity (Wildman–Crippen MR) is 86.7 cm³/mol. The first-order chi connectivity index (χ1) is 11.2. The van der Waals surface area contributed by atoms with Gasteiger partial charge in [-0.2, -0.15) is 0 Å². The zero-order valence-electron chi connectivity index (χ0n) is 13.1. The van der Waals surface area contributed by atoms with E-state index in [1.54, 1.807) is 6.07 Å². The van der Waals surface area contributed by atoms with E-state index in [2.05, 4.69) is 30.2 Å². The van der Waals surface area contributed by atoms with Gasteiger partial charge in [-0.25, -0.2) is 9.97 Å². The molecule has 2 aromatic rings. The first-order valence-electron chi connectivity index (χ1n) is 7.56. The Kier molecular flexibility index (Phi) is 4.58. The smallest absolute Gasteiger partial charge is 0.175 e. The number of piperazine rings is 1. The molecule has 3 heterocycles. The van der Waals surface area contributed by atoms with Crippen LogP contribution in [0.3, 0.4) is 0 Å². The van der Waals surface area contributed by atoms with Crippen molar-refractivity contribution in [3.8, 4) is 0 Å². The fourth-order valence-corrected chi connectivity index (χ4v) is 2.61. The highest BCUT2D eigenvalue weighted by Gasteiger charge is 2.21. The number of β-amino-alcohol motifs (C(OH)–C–C–N with tert-alkyl or cyclic N) is 1. The molecule has 1 saturated heterocycles. The van der Waals surface area contributed by atoms with E-state index in [9.17, 15) is 0 Å². The number of nitrogen functional groups attached to an aromatic ring is 1. The van der Waals surface area contributed by atoms with Crippen molar-refractivity contribution in [2.75, 3.05) is 55.3 Å². The number of hydrogen-bond donors (Lipinski definition) is 3. The molecule has 1 aliphatic rings. The van der Waals surface area contributed by atoms with E-state index in [0.717, 1.165) is 26.2 Å². The summed E-state index contributed by atoms with van der Waals surface area (Å²) >= 11 is 0. The van der Waals surface area contributed by atoms with Gasteiger partial charge in [0.1, 0.15) is 17.8 Å². The summed E-state index contributed by atoms with van der Waals surface area (Å²) in [6.07, 6.45) is 1.49. The van der Waals surface area contributed by atoms with E-state index in [1.165, 1.54) is 6.33 Å². The van der Waals surface area contributed by atoms with Crippen molar-refractivity contribution in [2.45, 2.75) is 6.92 Å². The van der Waals surface area contributed by atoms with Crippen molar-refractivity contribution in [1.82, 2.24) is 20.0 Å². The van der Waals surface area contributed by atoms with Crippen LogP contribution >= 0.6 is 0 Å². The number of anilines is 4. The third kappa shape index (κ3) is 3.51. The Morgan fingerprint density at radius 1 is 1.30 bits per heavy atom. The molecule has 9 heteroatoms. The third-order valence-corrected chi connectivity index (χ3v) is 3.83. The topological polar surface area (TPSA) is 117 Å². The second-order valence-electron chi connectivity index (χ2n) is 5.46. The number of aliphatic hydroxyl groups is 1. The molecule has 0 atom stereocenters. The van der Waals surface area contributed by atoms with Crippen molar-refractivity contribution in [3.05, 3.63) is 18.2 Å². The molecule has 0 spiro atoms. The molecule has 124 valence electrons. The maximum atomic E-state index is 9.01. The molecule has 0 unspecified atom stereocenters. The molecular formula is C14H21N7O2. The maximum absolute atomic E-state index is 9.01. The molecule has 0 radical (unpaired) electrons. The van der Waals surface area contributed by atoms with Gasteiger partial charge >= 0.3 is 0 Å². The number of rotatable bonds is 5. The van der Waals surface area contributed by atoms with Gasteiger partial charge < -0.3 is 25.6 Å². The molecule has 0 saturated carbocycles. The summed E-state index contributed by atoms with van der Waals surface area (Å²) in [5.41, 5.74) is 6.71. The van der Waals surface area contributed by atoms with E-state index >= 15 is 0 Å². The number of nitrogens with two attached hydrogens (primary N) is 1. The third-order valence-electron chi connectivity index (χ3n) is 3.83. The van der Waals surface area contributed by atoms with Gasteiger partial charge in [-0.3, -0.25) is 4.90 Å². The normalized spacial score (nSPS) is 15.8. The quantitative estimate of drug-likeness (QED) is 0.711. The summed E-state index contributed by atoms with van der Waals surface area (Å²) in [5.74, 6) is 2.50. The lowest BCUT2D eigenvalue weighted by atomic mass is 10.3. The molecule has 0 bridgehead atoms. The molecule has 1 fully saturated rings. The van der Waals surface area contributed by atoms with Crippen molar-refractivity contribution in [3.63, 3.8) is 0 Å². The van der Waals surface area contributed by atoms with E-state index in [-0.39, 0.29) is 6.61 Å². The fraction of sp³-hybridized carbons (Fsp3) is 0.500. The summed E-state index contributed by atoms with van der Waals surface area (Å²) in [5, 5.41) is 15.9. The van der Waals surface area contributed by atoms with Gasteiger partial charge in [-0.05, 0) is 6.92 Å². The van der Waals surface area contributed by atoms with E-state index < -0.39 is 0 Å². The Labute approximate surface area is 134 Å². The van der Waals surface area contributed by atoms with Crippen LogP contribution in [0.1, 0.15) is 5.76 Å². The van der Waals surface area contributed by atoms with Gasteiger partial charge in [0.2, 0.25) is 0 Å². The monoisotopic (exact) mass is 319 g/mol. The number of nitrogens with one attached hydrogen (secondary N) is 1. The summed E-state index contributed by atoms with van der Waals surface area (Å²) in [6.45, 7) is 6.06. The molecule has 0 aromatic carbocycles. The lowest BCUT2D eigenvalue weighted by Crippen LogP contribution is -2.47. The minimum atomic E-state index is 0.181. The highest BCUT2D eigenvalue weighted by molar-refractivity contribution is 5.77. The Morgan fingerprint density at radius 3 is 2.74 bits per heavy atom. The summed E-state index contributed by atoms with van der Waals surface area (Å²) < 4.78 is 5.02. The second-order valence-corrected chi connectivity index (χ2v) is 5.46. The standard InChI is InChI=1S/C14H21N7O2/c1-10-8-11(19-23-10)18-13-12(15)14(17-9-16-13)21-4-2-20(3-5-21)6-7-22/h8-9,22H,2-7,15H2,1H3,(H,16,17,18,19). The minimum absolute atomic E-state index is 0.181. The van der Waals surface area contributed by atoms with E-state index in [4.69, 9.17) is 15.4 Å². The highest BCUT2D eigenvalue weighted by atomic mass is 16.5. The minimum Gasteiger partial charge on any atom is -0.395 e. The van der Waals surface area contributed by atoms with Crippen LogP contribution in [0.15, 0.2) is 16.9 Å². The largest absolute Gasteiger partial charge is 0.395 e. The average Bonchev–Trinajstić information content (AvgIpc) is 2.96. The molecule has 9 nitrogen and oxygen atoms in total. The summed E-state index contributed by atoms with van der Waals surface area (Å²) in [7, 11) is 0. The number of nitrogens with zero attached hydrogens (tertiary/aromatic N) is 5. The van der Waals surface area contributed by atoms with Gasteiger partial charge in [0, 0.05) is 38.8 Å². The van der Waals surface area contributed by atoms with Gasteiger partial charge in [0.25, 0.3) is 0 Å². The van der Waals surface area contributed by atoms with E-state index in [0.29, 0.717) is 35.4 Å². The van der Waals surface area contributed by atoms with Crippen molar-refractivity contribution in [1.29, 1.82) is 0 Å². The van der Waals surface area contributed by atoms with Crippen LogP contribution in [-0.4, -0.2) is 64.5 Å². The Bertz CT molecular complexity index is 652. The lowest BCUT2D eigenvalue weighted by molar-refractivity contribution is 0.188. The molecule has 23 heavy (non-hydrogen) atoms. The maximum Gasteiger partial charge on any atom is 0.175 e. The van der Waals surface area contributed by atoms with Crippen LogP contribution in [-0.2, 0) is 0 Å². The van der Waals surface area contributed by atoms with Gasteiger partial charge in [-0.15, -0.1) is 0 Å². The van der Waals surface area contributed by atoms with Crippen molar-refractivity contribution in [2.24, 2.45) is 0 Å². The Morgan fingerprint density at radius 2 is 2.09 bits per heavy atom. The second kappa shape index (κ2) is 6.80. The summed E-state index contributed by atoms with van der Waals surface area (Å²) in [4.78, 5) is 12.8. The zero-order chi connectivity index (χ0) is 16.2. The van der Waals surface area contributed by atoms with Gasteiger partial charge in [0.05, 0.1) is 6.61 Å². The van der Waals surface area contributed by atoms with Gasteiger partial charge in [-0.1, -0.05) is 5.16 Å². The zero-order valence-corrected chi connectivity index (χ0v) is 13.1. The van der Waals surface area contributed by atoms with Crippen molar-refractivity contribution >= 4 is 23.1 Å². The molecule has 1 aliphatic heterocycles. The Hall–Kier alpha value is -2.39. The van der Waals surface area contributed by atoms with Crippen LogP contribution < -0.4 is 16.0 Å². The first-order valence-corrected chi connectivity index (χ1v) is 7.56. The van der Waals surface area contributed by atoms with Crippen LogP contribution in [0.4, 0.5) is 23.1 Å². The van der Waals surface area contributed by atoms with Crippen LogP contribution in [0.2, 0.25) is 0 Å². The SMILES string of the molecule is Cc1cc(Nc2ncnc(N3CCN(CCO)CC3)c2N)no1. The molecular weight excluding hydrogens is 298 g/mol. The molecule has 2 aromatic heterocycles. The van der Waals surface area contributed by atoms with Crippen LogP contribution in [0.25, 0.3) is 0 Å². The first kappa shape index (κ1) is 15.5. The van der Waals surface area contributed by atoms with Gasteiger partial charge in [0.15, 0.2) is 17.5 Å². The number of aryl methyl sites for hydroxylation is 1. The van der Waals surface area contributed by atoms with Crippen molar-refractivity contribution < 1.29 is 9.63 Å². The molecule has 0 amide bonds. The lowest BCUT2D eigenvalue weighted by Gasteiger charge is -2.35. The van der Waals surface area contributed by atoms with Crippen LogP contribution in [0.5, 0.6) is 0 Å². The average molecular weight is 319 g/mol. The summed E-state index contributed by atoms with van der Waals surface area (Å²) in [6, 6.07) is 1.77. The molecule has 0 aliphatic carbocycles. The van der Waals surface area contributed by atoms with E-state index in [1.807, 2.05) is 6.92 Å². The fourth-order valence-electron chi connectivity index (χ4n) is 2.61. The Balaban J connectivity index is 1.72. The highest BCUT2D eigenvalue weighted by Crippen LogP contribution is 2.28. The molecule has 4 N–H and O–H groups in total.